The lowest BCUT2D eigenvalue weighted by Gasteiger charge is -2.30. The molecule has 1 saturated heterocycles. The van der Waals surface area contributed by atoms with Crippen molar-refractivity contribution in [2.45, 2.75) is 45.6 Å². The van der Waals surface area contributed by atoms with Crippen molar-refractivity contribution in [2.24, 2.45) is 5.92 Å². The van der Waals surface area contributed by atoms with Gasteiger partial charge in [0.25, 0.3) is 0 Å². The van der Waals surface area contributed by atoms with Gasteiger partial charge in [-0.2, -0.15) is 5.10 Å². The molecule has 0 bridgehead atoms. The van der Waals surface area contributed by atoms with Gasteiger partial charge in [0.05, 0.1) is 22.6 Å². The Labute approximate surface area is 185 Å². The third-order valence-electron chi connectivity index (χ3n) is 5.47. The van der Waals surface area contributed by atoms with Gasteiger partial charge in [0.2, 0.25) is 5.91 Å². The zero-order chi connectivity index (χ0) is 21.3. The summed E-state index contributed by atoms with van der Waals surface area (Å²) in [5.74, 6) is 0.0813. The maximum Gasteiger partial charge on any atom is 0.229 e. The monoisotopic (exact) mass is 446 g/mol. The fourth-order valence-corrected chi connectivity index (χ4v) is 4.73. The molecule has 0 saturated carbocycles. The summed E-state index contributed by atoms with van der Waals surface area (Å²) in [6.45, 7) is 9.32. The average molecular weight is 447 g/mol. The SMILES string of the molecule is CC(C)(C)n1cc(CCN2CCC(C(=O)Nc3nc4cnc(Cl)cc4s3)CC2)cn1. The molecule has 3 aromatic rings. The minimum absolute atomic E-state index is 0.00992. The van der Waals surface area contributed by atoms with Crippen LogP contribution in [0.3, 0.4) is 0 Å². The van der Waals surface area contributed by atoms with E-state index in [4.69, 9.17) is 11.6 Å². The van der Waals surface area contributed by atoms with E-state index < -0.39 is 0 Å². The number of halogens is 1. The molecular formula is C21H27ClN6OS. The predicted octanol–water partition coefficient (Wildman–Crippen LogP) is 4.19. The number of fused-ring (bicyclic) bond motifs is 1. The summed E-state index contributed by atoms with van der Waals surface area (Å²) >= 11 is 7.35. The number of carbonyl (C=O) groups excluding carboxylic acids is 1. The maximum atomic E-state index is 12.7. The van der Waals surface area contributed by atoms with E-state index >= 15 is 0 Å². The van der Waals surface area contributed by atoms with Gasteiger partial charge in [-0.15, -0.1) is 0 Å². The highest BCUT2D eigenvalue weighted by atomic mass is 35.5. The molecule has 0 aromatic carbocycles. The third kappa shape index (κ3) is 4.99. The number of likely N-dealkylation sites (tertiary alicyclic amines) is 1. The second-order valence-electron chi connectivity index (χ2n) is 8.81. The molecule has 9 heteroatoms. The van der Waals surface area contributed by atoms with Gasteiger partial charge in [-0.1, -0.05) is 22.9 Å². The topological polar surface area (TPSA) is 75.9 Å². The summed E-state index contributed by atoms with van der Waals surface area (Å²) in [6.07, 6.45) is 8.45. The van der Waals surface area contributed by atoms with Crippen LogP contribution in [0.4, 0.5) is 5.13 Å². The van der Waals surface area contributed by atoms with Gasteiger partial charge in [0.1, 0.15) is 10.7 Å². The smallest absolute Gasteiger partial charge is 0.229 e. The highest BCUT2D eigenvalue weighted by Gasteiger charge is 2.25. The van der Waals surface area contributed by atoms with Crippen molar-refractivity contribution in [1.82, 2.24) is 24.6 Å². The normalized spacial score (nSPS) is 16.3. The Hall–Kier alpha value is -2.03. The average Bonchev–Trinajstić information content (AvgIpc) is 3.33. The van der Waals surface area contributed by atoms with E-state index in [2.05, 4.69) is 52.3 Å². The lowest BCUT2D eigenvalue weighted by Crippen LogP contribution is -2.39. The van der Waals surface area contributed by atoms with E-state index in [1.807, 2.05) is 10.9 Å². The number of pyridine rings is 1. The van der Waals surface area contributed by atoms with Crippen molar-refractivity contribution in [1.29, 1.82) is 0 Å². The number of anilines is 1. The molecular weight excluding hydrogens is 420 g/mol. The molecule has 0 radical (unpaired) electrons. The molecule has 30 heavy (non-hydrogen) atoms. The highest BCUT2D eigenvalue weighted by Crippen LogP contribution is 2.28. The number of nitrogens with zero attached hydrogens (tertiary/aromatic N) is 5. The van der Waals surface area contributed by atoms with E-state index in [1.54, 1.807) is 12.3 Å². The molecule has 1 aliphatic rings. The van der Waals surface area contributed by atoms with Crippen molar-refractivity contribution >= 4 is 44.2 Å². The van der Waals surface area contributed by atoms with E-state index in [-0.39, 0.29) is 17.4 Å². The lowest BCUT2D eigenvalue weighted by molar-refractivity contribution is -0.121. The molecule has 0 spiro atoms. The van der Waals surface area contributed by atoms with Crippen LogP contribution in [0.15, 0.2) is 24.7 Å². The molecule has 160 valence electrons. The van der Waals surface area contributed by atoms with E-state index in [0.29, 0.717) is 10.3 Å². The number of rotatable bonds is 5. The Bertz CT molecular complexity index is 1030. The maximum absolute atomic E-state index is 12.7. The number of hydrogen-bond acceptors (Lipinski definition) is 6. The standard InChI is InChI=1S/C21H27ClN6OS/c1-21(2,3)28-13-14(11-24-28)4-7-27-8-5-15(6-9-27)19(29)26-20-25-16-12-23-18(22)10-17(16)30-20/h10-13,15H,4-9H2,1-3H3,(H,25,26,29). The van der Waals surface area contributed by atoms with Crippen LogP contribution in [0.1, 0.15) is 39.2 Å². The van der Waals surface area contributed by atoms with Gasteiger partial charge in [-0.3, -0.25) is 9.48 Å². The minimum Gasteiger partial charge on any atom is -0.303 e. The highest BCUT2D eigenvalue weighted by molar-refractivity contribution is 7.22. The van der Waals surface area contributed by atoms with Crippen LogP contribution in [0.25, 0.3) is 10.2 Å². The van der Waals surface area contributed by atoms with Gasteiger partial charge in [-0.25, -0.2) is 9.97 Å². The van der Waals surface area contributed by atoms with Gasteiger partial charge >= 0.3 is 0 Å². The molecule has 0 unspecified atom stereocenters. The number of nitrogens with one attached hydrogen (secondary N) is 1. The van der Waals surface area contributed by atoms with Crippen molar-refractivity contribution < 1.29 is 4.79 Å². The van der Waals surface area contributed by atoms with Gasteiger partial charge in [0.15, 0.2) is 5.13 Å². The summed E-state index contributed by atoms with van der Waals surface area (Å²) in [5.41, 5.74) is 2.02. The number of amides is 1. The number of carbonyl (C=O) groups is 1. The minimum atomic E-state index is 0.00992. The van der Waals surface area contributed by atoms with E-state index in [9.17, 15) is 4.79 Å². The summed E-state index contributed by atoms with van der Waals surface area (Å²) in [6, 6.07) is 1.77. The first-order valence-electron chi connectivity index (χ1n) is 10.3. The molecule has 4 heterocycles. The summed E-state index contributed by atoms with van der Waals surface area (Å²) in [5, 5.41) is 8.50. The van der Waals surface area contributed by atoms with Crippen molar-refractivity contribution in [2.75, 3.05) is 25.0 Å². The molecule has 7 nitrogen and oxygen atoms in total. The van der Waals surface area contributed by atoms with Crippen LogP contribution in [-0.2, 0) is 16.8 Å². The number of aromatic nitrogens is 4. The Morgan fingerprint density at radius 1 is 1.30 bits per heavy atom. The largest absolute Gasteiger partial charge is 0.303 e. The summed E-state index contributed by atoms with van der Waals surface area (Å²) < 4.78 is 2.94. The van der Waals surface area contributed by atoms with Crippen LogP contribution in [0, 0.1) is 5.92 Å². The van der Waals surface area contributed by atoms with Crippen LogP contribution in [0.2, 0.25) is 5.15 Å². The van der Waals surface area contributed by atoms with Crippen LogP contribution in [0.5, 0.6) is 0 Å². The van der Waals surface area contributed by atoms with Gasteiger partial charge in [0, 0.05) is 18.7 Å². The predicted molar refractivity (Wildman–Crippen MR) is 121 cm³/mol. The zero-order valence-electron chi connectivity index (χ0n) is 17.6. The van der Waals surface area contributed by atoms with Gasteiger partial charge < -0.3 is 10.2 Å². The molecule has 1 amide bonds. The van der Waals surface area contributed by atoms with Crippen molar-refractivity contribution in [3.8, 4) is 0 Å². The quantitative estimate of drug-likeness (QED) is 0.594. The van der Waals surface area contributed by atoms with Crippen molar-refractivity contribution in [3.05, 3.63) is 35.4 Å². The Morgan fingerprint density at radius 3 is 2.77 bits per heavy atom. The Balaban J connectivity index is 1.25. The number of piperidine rings is 1. The fourth-order valence-electron chi connectivity index (χ4n) is 3.63. The number of hydrogen-bond donors (Lipinski definition) is 1. The molecule has 1 N–H and O–H groups in total. The van der Waals surface area contributed by atoms with Crippen LogP contribution in [-0.4, -0.2) is 50.2 Å². The van der Waals surface area contributed by atoms with Crippen molar-refractivity contribution in [3.63, 3.8) is 0 Å². The number of thiazole rings is 1. The van der Waals surface area contributed by atoms with Crippen LogP contribution >= 0.6 is 22.9 Å². The first-order chi connectivity index (χ1) is 14.3. The molecule has 0 atom stereocenters. The molecule has 1 fully saturated rings. The Kier molecular flexibility index (Phi) is 6.09. The van der Waals surface area contributed by atoms with Gasteiger partial charge in [-0.05, 0) is 64.8 Å². The molecule has 0 aliphatic carbocycles. The summed E-state index contributed by atoms with van der Waals surface area (Å²) in [4.78, 5) is 23.6. The van der Waals surface area contributed by atoms with Crippen LogP contribution < -0.4 is 5.32 Å². The third-order valence-corrected chi connectivity index (χ3v) is 6.61. The fraction of sp³-hybridized carbons (Fsp3) is 0.524. The first-order valence-corrected chi connectivity index (χ1v) is 11.5. The molecule has 4 rings (SSSR count). The second-order valence-corrected chi connectivity index (χ2v) is 10.2. The Morgan fingerprint density at radius 2 is 2.07 bits per heavy atom. The zero-order valence-corrected chi connectivity index (χ0v) is 19.1. The lowest BCUT2D eigenvalue weighted by atomic mass is 9.96. The first kappa shape index (κ1) is 21.2. The van der Waals surface area contributed by atoms with E-state index in [1.165, 1.54) is 16.9 Å². The summed E-state index contributed by atoms with van der Waals surface area (Å²) in [7, 11) is 0. The molecule has 1 aliphatic heterocycles. The second kappa shape index (κ2) is 8.61. The van der Waals surface area contributed by atoms with E-state index in [0.717, 1.165) is 49.1 Å². The molecule has 3 aromatic heterocycles.